The molecule has 0 unspecified atom stereocenters. The molecule has 20 heavy (non-hydrogen) atoms. The Morgan fingerprint density at radius 1 is 0.400 bits per heavy atom. The zero-order valence-corrected chi connectivity index (χ0v) is 14.8. The molecule has 0 bridgehead atoms. The van der Waals surface area contributed by atoms with E-state index in [1.165, 1.54) is 77.0 Å². The van der Waals surface area contributed by atoms with E-state index in [4.69, 9.17) is 0 Å². The first-order chi connectivity index (χ1) is 9.83. The maximum atomic E-state index is 2.32. The molecule has 0 rings (SSSR count). The molecule has 0 saturated heterocycles. The smallest absolute Gasteiger partial charge is 0.0351 e. The van der Waals surface area contributed by atoms with E-state index in [0.717, 1.165) is 0 Å². The second kappa shape index (κ2) is 23.6. The van der Waals surface area contributed by atoms with E-state index >= 15 is 0 Å². The van der Waals surface area contributed by atoms with Gasteiger partial charge in [0, 0.05) is 0 Å². The molecule has 0 aromatic heterocycles. The summed E-state index contributed by atoms with van der Waals surface area (Å²) in [5.41, 5.74) is 0. The molecule has 0 radical (unpaired) electrons. The van der Waals surface area contributed by atoms with Gasteiger partial charge in [-0.3, -0.25) is 0 Å². The van der Waals surface area contributed by atoms with Crippen LogP contribution in [0.15, 0.2) is 24.3 Å². The first kappa shape index (κ1) is 21.8. The second-order valence-corrected chi connectivity index (χ2v) is 5.51. The Bertz CT molecular complexity index is 178. The van der Waals surface area contributed by atoms with Crippen molar-refractivity contribution in [2.45, 2.75) is 105 Å². The number of rotatable bonds is 12. The van der Waals surface area contributed by atoms with Gasteiger partial charge in [0.15, 0.2) is 0 Å². The highest BCUT2D eigenvalue weighted by Gasteiger charge is 1.80. The fraction of sp³-hybridized carbons (Fsp3) is 0.800. The minimum atomic E-state index is 1.26. The van der Waals surface area contributed by atoms with Crippen molar-refractivity contribution >= 4 is 0 Å². The number of allylic oxidation sites excluding steroid dienone is 4. The summed E-state index contributed by atoms with van der Waals surface area (Å²) in [5.74, 6) is 0. The Kier molecular flexibility index (Phi) is 25.7. The summed E-state index contributed by atoms with van der Waals surface area (Å²) in [6.45, 7) is 8.94. The molecule has 0 saturated carbocycles. The zero-order valence-electron chi connectivity index (χ0n) is 14.8. The van der Waals surface area contributed by atoms with Crippen molar-refractivity contribution in [3.05, 3.63) is 24.3 Å². The van der Waals surface area contributed by atoms with Crippen LogP contribution < -0.4 is 0 Å². The fourth-order valence-electron chi connectivity index (χ4n) is 1.79. The second-order valence-electron chi connectivity index (χ2n) is 5.51. The van der Waals surface area contributed by atoms with E-state index < -0.39 is 0 Å². The van der Waals surface area contributed by atoms with Gasteiger partial charge in [-0.05, 0) is 32.1 Å². The maximum absolute atomic E-state index is 2.32. The number of hydrogen-bond donors (Lipinski definition) is 0. The predicted octanol–water partition coefficient (Wildman–Crippen LogP) is 7.85. The van der Waals surface area contributed by atoms with Crippen LogP contribution >= 0.6 is 0 Å². The third-order valence-corrected chi connectivity index (χ3v) is 3.21. The molecule has 0 aromatic carbocycles. The van der Waals surface area contributed by atoms with Gasteiger partial charge in [-0.25, -0.2) is 0 Å². The number of unbranched alkanes of at least 4 members (excludes halogenated alkanes) is 8. The number of hydrogen-bond acceptors (Lipinski definition) is 0. The molecule has 0 nitrogen and oxygen atoms in total. The molecule has 0 aliphatic heterocycles. The quantitative estimate of drug-likeness (QED) is 0.252. The van der Waals surface area contributed by atoms with Crippen LogP contribution in [0.2, 0.25) is 0 Å². The highest BCUT2D eigenvalue weighted by atomic mass is 13.9. The highest BCUT2D eigenvalue weighted by Crippen LogP contribution is 2.00. The average Bonchev–Trinajstić information content (AvgIpc) is 2.47. The molecule has 0 amide bonds. The average molecular weight is 281 g/mol. The van der Waals surface area contributed by atoms with E-state index in [-0.39, 0.29) is 0 Å². The summed E-state index contributed by atoms with van der Waals surface area (Å²) in [5, 5.41) is 0. The molecule has 0 atom stereocenters. The molecular formula is C20H40. The summed E-state index contributed by atoms with van der Waals surface area (Å²) >= 11 is 0. The van der Waals surface area contributed by atoms with Crippen LogP contribution in [-0.2, 0) is 0 Å². The minimum absolute atomic E-state index is 1.26. The van der Waals surface area contributed by atoms with E-state index in [2.05, 4.69) is 52.0 Å². The highest BCUT2D eigenvalue weighted by molar-refractivity contribution is 4.81. The lowest BCUT2D eigenvalue weighted by Crippen LogP contribution is -1.70. The Morgan fingerprint density at radius 3 is 1.20 bits per heavy atom. The molecule has 0 aliphatic rings. The van der Waals surface area contributed by atoms with Gasteiger partial charge in [0.25, 0.3) is 0 Å². The largest absolute Gasteiger partial charge is 0.0885 e. The minimum Gasteiger partial charge on any atom is -0.0885 e. The van der Waals surface area contributed by atoms with Crippen molar-refractivity contribution in [3.8, 4) is 0 Å². The van der Waals surface area contributed by atoms with E-state index in [0.29, 0.717) is 0 Å². The van der Waals surface area contributed by atoms with Crippen molar-refractivity contribution < 1.29 is 0 Å². The van der Waals surface area contributed by atoms with Crippen LogP contribution in [0.3, 0.4) is 0 Å². The van der Waals surface area contributed by atoms with Crippen LogP contribution in [0, 0.1) is 0 Å². The van der Waals surface area contributed by atoms with Crippen LogP contribution in [0.4, 0.5) is 0 Å². The Hall–Kier alpha value is -0.520. The Labute approximate surface area is 129 Å². The molecule has 0 heteroatoms. The van der Waals surface area contributed by atoms with Gasteiger partial charge < -0.3 is 0 Å². The fourth-order valence-corrected chi connectivity index (χ4v) is 1.79. The molecule has 120 valence electrons. The van der Waals surface area contributed by atoms with Crippen LogP contribution in [0.5, 0.6) is 0 Å². The molecular weight excluding hydrogens is 240 g/mol. The SMILES string of the molecule is CCC/C=C/CCCCC.CCCC/C=C/CCCC. The van der Waals surface area contributed by atoms with Gasteiger partial charge in [0.1, 0.15) is 0 Å². The van der Waals surface area contributed by atoms with Gasteiger partial charge in [-0.2, -0.15) is 0 Å². The monoisotopic (exact) mass is 280 g/mol. The topological polar surface area (TPSA) is 0 Å². The summed E-state index contributed by atoms with van der Waals surface area (Å²) < 4.78 is 0. The van der Waals surface area contributed by atoms with Crippen molar-refractivity contribution in [3.63, 3.8) is 0 Å². The molecule has 0 heterocycles. The van der Waals surface area contributed by atoms with Gasteiger partial charge in [0.2, 0.25) is 0 Å². The first-order valence-corrected chi connectivity index (χ1v) is 9.13. The molecule has 0 N–H and O–H groups in total. The van der Waals surface area contributed by atoms with Gasteiger partial charge in [-0.1, -0.05) is 96.9 Å². The van der Waals surface area contributed by atoms with E-state index in [9.17, 15) is 0 Å². The third kappa shape index (κ3) is 26.1. The van der Waals surface area contributed by atoms with Crippen LogP contribution in [0.1, 0.15) is 105 Å². The summed E-state index contributed by atoms with van der Waals surface area (Å²) in [7, 11) is 0. The molecule has 0 aromatic rings. The summed E-state index contributed by atoms with van der Waals surface area (Å²) in [6.07, 6.45) is 25.1. The zero-order chi connectivity index (χ0) is 15.3. The summed E-state index contributed by atoms with van der Waals surface area (Å²) in [4.78, 5) is 0. The van der Waals surface area contributed by atoms with Crippen molar-refractivity contribution in [1.82, 2.24) is 0 Å². The lowest BCUT2D eigenvalue weighted by Gasteiger charge is -1.90. The predicted molar refractivity (Wildman–Crippen MR) is 96.4 cm³/mol. The lowest BCUT2D eigenvalue weighted by atomic mass is 10.2. The van der Waals surface area contributed by atoms with Crippen LogP contribution in [-0.4, -0.2) is 0 Å². The Balaban J connectivity index is 0. The van der Waals surface area contributed by atoms with Crippen molar-refractivity contribution in [1.29, 1.82) is 0 Å². The Morgan fingerprint density at radius 2 is 0.800 bits per heavy atom. The summed E-state index contributed by atoms with van der Waals surface area (Å²) in [6, 6.07) is 0. The van der Waals surface area contributed by atoms with Gasteiger partial charge >= 0.3 is 0 Å². The maximum Gasteiger partial charge on any atom is -0.0351 e. The van der Waals surface area contributed by atoms with E-state index in [1.54, 1.807) is 0 Å². The lowest BCUT2D eigenvalue weighted by molar-refractivity contribution is 0.727. The van der Waals surface area contributed by atoms with Crippen molar-refractivity contribution in [2.75, 3.05) is 0 Å². The van der Waals surface area contributed by atoms with E-state index in [1.807, 2.05) is 0 Å². The molecule has 0 aliphatic carbocycles. The standard InChI is InChI=1S/2C10H20/c2*1-3-5-7-9-10-8-6-4-2/h9-10H,3-8H2,1-2H3;7,9H,3-6,8,10H2,1-2H3/b10-9+;9-7+. The van der Waals surface area contributed by atoms with Crippen LogP contribution in [0.25, 0.3) is 0 Å². The molecule has 0 fully saturated rings. The van der Waals surface area contributed by atoms with Gasteiger partial charge in [-0.15, -0.1) is 0 Å². The normalized spacial score (nSPS) is 11.0. The molecule has 0 spiro atoms. The first-order valence-electron chi connectivity index (χ1n) is 9.13. The third-order valence-electron chi connectivity index (χ3n) is 3.21. The van der Waals surface area contributed by atoms with Gasteiger partial charge in [0.05, 0.1) is 0 Å². The van der Waals surface area contributed by atoms with Crippen molar-refractivity contribution in [2.24, 2.45) is 0 Å².